The van der Waals surface area contributed by atoms with Gasteiger partial charge in [-0.05, 0) is 19.1 Å². The minimum Gasteiger partial charge on any atom is -0.479 e. The van der Waals surface area contributed by atoms with Crippen LogP contribution in [0.2, 0.25) is 0 Å². The second-order valence-corrected chi connectivity index (χ2v) is 3.51. The highest BCUT2D eigenvalue weighted by Gasteiger charge is 2.16. The fourth-order valence-electron chi connectivity index (χ4n) is 0.727. The largest absolute Gasteiger partial charge is 0.479 e. The lowest BCUT2D eigenvalue weighted by atomic mass is 10.4. The Hall–Kier alpha value is -0.220. The molecule has 1 atom stereocenters. The van der Waals surface area contributed by atoms with Gasteiger partial charge in [-0.25, -0.2) is 4.79 Å². The molecule has 0 saturated carbocycles. The first-order valence-electron chi connectivity index (χ1n) is 4.14. The van der Waals surface area contributed by atoms with Gasteiger partial charge in [0.15, 0.2) is 6.10 Å². The molecule has 0 aromatic carbocycles. The monoisotopic (exact) mass is 192 g/mol. The van der Waals surface area contributed by atoms with Crippen LogP contribution < -0.4 is 0 Å². The van der Waals surface area contributed by atoms with E-state index < -0.39 is 12.1 Å². The van der Waals surface area contributed by atoms with Gasteiger partial charge in [-0.3, -0.25) is 0 Å². The molecule has 0 fully saturated rings. The van der Waals surface area contributed by atoms with Crippen LogP contribution in [0, 0.1) is 0 Å². The fourth-order valence-corrected chi connectivity index (χ4v) is 1.63. The SMILES string of the molecule is CCCSCC(OCC)C(=O)O. The zero-order valence-electron chi connectivity index (χ0n) is 7.58. The third-order valence-corrected chi connectivity index (χ3v) is 2.50. The Morgan fingerprint density at radius 2 is 2.25 bits per heavy atom. The summed E-state index contributed by atoms with van der Waals surface area (Å²) in [5.41, 5.74) is 0. The Bertz CT molecular complexity index is 127. The first-order chi connectivity index (χ1) is 5.72. The normalized spacial score (nSPS) is 12.8. The summed E-state index contributed by atoms with van der Waals surface area (Å²) < 4.78 is 5.03. The molecular formula is C8H16O3S. The molecule has 0 radical (unpaired) electrons. The average molecular weight is 192 g/mol. The molecule has 0 aromatic heterocycles. The van der Waals surface area contributed by atoms with Gasteiger partial charge in [-0.15, -0.1) is 0 Å². The lowest BCUT2D eigenvalue weighted by molar-refractivity contribution is -0.148. The molecule has 0 aliphatic carbocycles. The molecule has 1 N–H and O–H groups in total. The van der Waals surface area contributed by atoms with E-state index in [1.807, 2.05) is 0 Å². The average Bonchev–Trinajstić information content (AvgIpc) is 2.03. The number of thioether (sulfide) groups is 1. The first-order valence-corrected chi connectivity index (χ1v) is 5.30. The second-order valence-electron chi connectivity index (χ2n) is 2.36. The standard InChI is InChI=1S/C8H16O3S/c1-3-5-12-6-7(8(9)10)11-4-2/h7H,3-6H2,1-2H3,(H,9,10). The molecule has 3 nitrogen and oxygen atoms in total. The summed E-state index contributed by atoms with van der Waals surface area (Å²) in [7, 11) is 0. The number of ether oxygens (including phenoxy) is 1. The predicted molar refractivity (Wildman–Crippen MR) is 50.7 cm³/mol. The molecule has 0 heterocycles. The third-order valence-electron chi connectivity index (χ3n) is 1.26. The summed E-state index contributed by atoms with van der Waals surface area (Å²) in [6.07, 6.45) is 0.440. The fraction of sp³-hybridized carbons (Fsp3) is 0.875. The minimum absolute atomic E-state index is 0.462. The van der Waals surface area contributed by atoms with Gasteiger partial charge in [0.1, 0.15) is 0 Å². The Kier molecular flexibility index (Phi) is 7.29. The number of rotatable bonds is 7. The Balaban J connectivity index is 3.56. The second kappa shape index (κ2) is 7.43. The van der Waals surface area contributed by atoms with Crippen molar-refractivity contribution in [1.29, 1.82) is 0 Å². The summed E-state index contributed by atoms with van der Waals surface area (Å²) in [4.78, 5) is 10.5. The summed E-state index contributed by atoms with van der Waals surface area (Å²) in [6.45, 7) is 4.34. The van der Waals surface area contributed by atoms with Crippen molar-refractivity contribution in [3.8, 4) is 0 Å². The van der Waals surface area contributed by atoms with E-state index in [0.717, 1.165) is 12.2 Å². The topological polar surface area (TPSA) is 46.5 Å². The van der Waals surface area contributed by atoms with E-state index in [4.69, 9.17) is 9.84 Å². The predicted octanol–water partition coefficient (Wildman–Crippen LogP) is 1.62. The van der Waals surface area contributed by atoms with E-state index in [1.54, 1.807) is 18.7 Å². The van der Waals surface area contributed by atoms with Crippen LogP contribution >= 0.6 is 11.8 Å². The molecule has 72 valence electrons. The van der Waals surface area contributed by atoms with E-state index in [9.17, 15) is 4.79 Å². The van der Waals surface area contributed by atoms with Gasteiger partial charge < -0.3 is 9.84 Å². The third kappa shape index (κ3) is 5.43. The van der Waals surface area contributed by atoms with E-state index in [-0.39, 0.29) is 0 Å². The van der Waals surface area contributed by atoms with Gasteiger partial charge in [0, 0.05) is 12.4 Å². The van der Waals surface area contributed by atoms with E-state index in [0.29, 0.717) is 12.4 Å². The number of carboxylic acids is 1. The van der Waals surface area contributed by atoms with E-state index in [2.05, 4.69) is 6.92 Å². The van der Waals surface area contributed by atoms with Gasteiger partial charge in [-0.1, -0.05) is 6.92 Å². The summed E-state index contributed by atoms with van der Waals surface area (Å²) in [6, 6.07) is 0. The van der Waals surface area contributed by atoms with Crippen molar-refractivity contribution in [1.82, 2.24) is 0 Å². The number of hydrogen-bond acceptors (Lipinski definition) is 3. The van der Waals surface area contributed by atoms with Crippen LogP contribution in [0.4, 0.5) is 0 Å². The lowest BCUT2D eigenvalue weighted by Gasteiger charge is -2.10. The summed E-state index contributed by atoms with van der Waals surface area (Å²) >= 11 is 1.62. The highest BCUT2D eigenvalue weighted by atomic mass is 32.2. The molecular weight excluding hydrogens is 176 g/mol. The van der Waals surface area contributed by atoms with Crippen molar-refractivity contribution < 1.29 is 14.6 Å². The zero-order valence-corrected chi connectivity index (χ0v) is 8.39. The molecule has 0 aromatic rings. The van der Waals surface area contributed by atoms with Gasteiger partial charge in [-0.2, -0.15) is 11.8 Å². The maximum atomic E-state index is 10.5. The zero-order chi connectivity index (χ0) is 9.40. The van der Waals surface area contributed by atoms with Crippen molar-refractivity contribution in [3.05, 3.63) is 0 Å². The van der Waals surface area contributed by atoms with Crippen molar-refractivity contribution in [2.24, 2.45) is 0 Å². The highest BCUT2D eigenvalue weighted by Crippen LogP contribution is 2.07. The summed E-state index contributed by atoms with van der Waals surface area (Å²) in [5.74, 6) is 0.689. The first kappa shape index (κ1) is 11.8. The maximum absolute atomic E-state index is 10.5. The Morgan fingerprint density at radius 3 is 2.67 bits per heavy atom. The highest BCUT2D eigenvalue weighted by molar-refractivity contribution is 7.99. The van der Waals surface area contributed by atoms with Crippen LogP contribution in [0.3, 0.4) is 0 Å². The van der Waals surface area contributed by atoms with Gasteiger partial charge >= 0.3 is 5.97 Å². The Labute approximate surface area is 77.5 Å². The van der Waals surface area contributed by atoms with Crippen LogP contribution in [0.5, 0.6) is 0 Å². The van der Waals surface area contributed by atoms with Crippen LogP contribution in [0.25, 0.3) is 0 Å². The molecule has 0 amide bonds. The molecule has 0 rings (SSSR count). The lowest BCUT2D eigenvalue weighted by Crippen LogP contribution is -2.26. The molecule has 0 aliphatic rings. The van der Waals surface area contributed by atoms with Crippen LogP contribution in [-0.4, -0.2) is 35.3 Å². The van der Waals surface area contributed by atoms with Crippen molar-refractivity contribution >= 4 is 17.7 Å². The smallest absolute Gasteiger partial charge is 0.333 e. The molecule has 1 unspecified atom stereocenters. The molecule has 0 aliphatic heterocycles. The quantitative estimate of drug-likeness (QED) is 0.623. The molecule has 0 bridgehead atoms. The van der Waals surface area contributed by atoms with Crippen molar-refractivity contribution in [2.45, 2.75) is 26.4 Å². The number of carboxylic acid groups (broad SMARTS) is 1. The van der Waals surface area contributed by atoms with Crippen LogP contribution in [0.1, 0.15) is 20.3 Å². The van der Waals surface area contributed by atoms with E-state index in [1.165, 1.54) is 0 Å². The maximum Gasteiger partial charge on any atom is 0.333 e. The number of carbonyl (C=O) groups is 1. The van der Waals surface area contributed by atoms with Gasteiger partial charge in [0.25, 0.3) is 0 Å². The number of hydrogen-bond donors (Lipinski definition) is 1. The summed E-state index contributed by atoms with van der Waals surface area (Å²) in [5, 5.41) is 8.67. The van der Waals surface area contributed by atoms with Crippen LogP contribution in [-0.2, 0) is 9.53 Å². The van der Waals surface area contributed by atoms with Gasteiger partial charge in [0.2, 0.25) is 0 Å². The van der Waals surface area contributed by atoms with Gasteiger partial charge in [0.05, 0.1) is 0 Å². The van der Waals surface area contributed by atoms with Crippen LogP contribution in [0.15, 0.2) is 0 Å². The van der Waals surface area contributed by atoms with Crippen molar-refractivity contribution in [2.75, 3.05) is 18.1 Å². The number of aliphatic carboxylic acids is 1. The molecule has 4 heteroatoms. The van der Waals surface area contributed by atoms with Crippen molar-refractivity contribution in [3.63, 3.8) is 0 Å². The molecule has 0 saturated heterocycles. The molecule has 12 heavy (non-hydrogen) atoms. The van der Waals surface area contributed by atoms with E-state index >= 15 is 0 Å². The molecule has 0 spiro atoms. The minimum atomic E-state index is -0.861. The Morgan fingerprint density at radius 1 is 1.58 bits per heavy atom.